The van der Waals surface area contributed by atoms with Gasteiger partial charge in [0.15, 0.2) is 5.69 Å². The number of hydrogen-bond acceptors (Lipinski definition) is 7. The number of nitrogens with zero attached hydrogens (tertiary/aromatic N) is 7. The number of piperidine rings is 1. The molecule has 2 aromatic heterocycles. The molecule has 0 saturated carbocycles. The van der Waals surface area contributed by atoms with E-state index >= 15 is 0 Å². The van der Waals surface area contributed by atoms with Crippen molar-refractivity contribution < 1.29 is 9.59 Å². The number of aryl methyl sites for hydroxylation is 1. The summed E-state index contributed by atoms with van der Waals surface area (Å²) in [5.41, 5.74) is 5.00. The maximum absolute atomic E-state index is 12.7. The lowest BCUT2D eigenvalue weighted by molar-refractivity contribution is -0.126. The number of hydrogen-bond donors (Lipinski definition) is 1. The van der Waals surface area contributed by atoms with E-state index in [0.717, 1.165) is 47.3 Å². The first-order chi connectivity index (χ1) is 19.0. The number of nitriles is 1. The van der Waals surface area contributed by atoms with Crippen LogP contribution in [0.15, 0.2) is 49.4 Å². The molecule has 1 atom stereocenters. The molecular formula is C30H36N8O2. The molecule has 1 aliphatic heterocycles. The zero-order valence-corrected chi connectivity index (χ0v) is 23.8. The molecule has 40 heavy (non-hydrogen) atoms. The Hall–Kier alpha value is -4.52. The van der Waals surface area contributed by atoms with Crippen molar-refractivity contribution in [3.05, 3.63) is 71.8 Å². The highest BCUT2D eigenvalue weighted by Gasteiger charge is 2.28. The minimum atomic E-state index is -0.290. The largest absolute Gasteiger partial charge is 0.368 e. The molecule has 1 aliphatic rings. The fourth-order valence-corrected chi connectivity index (χ4v) is 4.90. The summed E-state index contributed by atoms with van der Waals surface area (Å²) in [5.74, 6) is -0.394. The van der Waals surface area contributed by atoms with E-state index in [2.05, 4.69) is 38.2 Å². The molecule has 0 bridgehead atoms. The Bertz CT molecular complexity index is 1460. The lowest BCUT2D eigenvalue weighted by Crippen LogP contribution is -2.48. The van der Waals surface area contributed by atoms with Crippen LogP contribution in [0.3, 0.4) is 0 Å². The van der Waals surface area contributed by atoms with Crippen LogP contribution >= 0.6 is 0 Å². The number of carbonyl (C=O) groups is 2. The highest BCUT2D eigenvalue weighted by Crippen LogP contribution is 2.36. The number of amides is 2. The zero-order chi connectivity index (χ0) is 29.0. The first kappa shape index (κ1) is 28.5. The fraction of sp³-hybridized carbons (Fsp3) is 0.400. The molecule has 1 fully saturated rings. The van der Waals surface area contributed by atoms with Gasteiger partial charge in [0.25, 0.3) is 5.91 Å². The molecular weight excluding hydrogens is 504 g/mol. The van der Waals surface area contributed by atoms with E-state index in [9.17, 15) is 14.9 Å². The van der Waals surface area contributed by atoms with Crippen molar-refractivity contribution in [3.8, 4) is 17.2 Å². The molecule has 4 rings (SSSR count). The Labute approximate surface area is 235 Å². The highest BCUT2D eigenvalue weighted by molar-refractivity contribution is 5.92. The maximum atomic E-state index is 12.7. The van der Waals surface area contributed by atoms with Crippen molar-refractivity contribution in [1.82, 2.24) is 30.2 Å². The summed E-state index contributed by atoms with van der Waals surface area (Å²) in [5, 5.41) is 20.9. The second kappa shape index (κ2) is 11.7. The molecule has 0 spiro atoms. The molecule has 1 saturated heterocycles. The molecule has 1 aromatic carbocycles. The Kier molecular flexibility index (Phi) is 8.33. The van der Waals surface area contributed by atoms with Crippen molar-refractivity contribution in [2.24, 2.45) is 0 Å². The van der Waals surface area contributed by atoms with Gasteiger partial charge in [-0.05, 0) is 63.3 Å². The third-order valence-electron chi connectivity index (χ3n) is 7.34. The predicted octanol–water partition coefficient (Wildman–Crippen LogP) is 3.82. The van der Waals surface area contributed by atoms with Crippen LogP contribution in [0, 0.1) is 18.3 Å². The molecule has 10 heteroatoms. The number of carbonyl (C=O) groups excluding carboxylic acids is 2. The first-order valence-electron chi connectivity index (χ1n) is 13.4. The number of pyridine rings is 1. The fourth-order valence-electron chi connectivity index (χ4n) is 4.90. The van der Waals surface area contributed by atoms with Crippen LogP contribution in [0.25, 0.3) is 11.1 Å². The van der Waals surface area contributed by atoms with Gasteiger partial charge in [0.05, 0.1) is 29.2 Å². The molecule has 10 nitrogen and oxygen atoms in total. The van der Waals surface area contributed by atoms with E-state index in [-0.39, 0.29) is 29.1 Å². The van der Waals surface area contributed by atoms with E-state index in [1.807, 2.05) is 45.9 Å². The maximum Gasteiger partial charge on any atom is 0.273 e. The Balaban J connectivity index is 1.56. The van der Waals surface area contributed by atoms with Gasteiger partial charge in [-0.15, -0.1) is 5.10 Å². The van der Waals surface area contributed by atoms with E-state index < -0.39 is 0 Å². The normalized spacial score (nSPS) is 15.3. The summed E-state index contributed by atoms with van der Waals surface area (Å²) >= 11 is 0. The summed E-state index contributed by atoms with van der Waals surface area (Å²) in [4.78, 5) is 33.2. The van der Waals surface area contributed by atoms with E-state index in [1.165, 1.54) is 6.08 Å². The van der Waals surface area contributed by atoms with Crippen LogP contribution in [0.5, 0.6) is 0 Å². The van der Waals surface area contributed by atoms with Crippen molar-refractivity contribution in [3.63, 3.8) is 0 Å². The summed E-state index contributed by atoms with van der Waals surface area (Å²) in [6.07, 6.45) is 8.18. The average molecular weight is 541 g/mol. The van der Waals surface area contributed by atoms with Crippen LogP contribution in [0.2, 0.25) is 0 Å². The van der Waals surface area contributed by atoms with Gasteiger partial charge in [-0.1, -0.05) is 30.0 Å². The predicted molar refractivity (Wildman–Crippen MR) is 154 cm³/mol. The van der Waals surface area contributed by atoms with E-state index in [4.69, 9.17) is 0 Å². The lowest BCUT2D eigenvalue weighted by atomic mass is 9.94. The lowest BCUT2D eigenvalue weighted by Gasteiger charge is -2.39. The SMILES string of the molecule is C=CC(=O)N(C)[C@@H]1CCCN(c2cncc(C#N)c2-c2ccc(CNC(=O)c3cn(C(C)(C)C)nn3)c(C)c2)C1. The van der Waals surface area contributed by atoms with Crippen LogP contribution < -0.4 is 10.2 Å². The molecule has 208 valence electrons. The standard InChI is InChI=1S/C30H36N8O2/c1-7-27(39)36(6)24-9-8-12-37(18-24)26-17-32-15-23(14-31)28(26)21-10-11-22(20(2)13-21)16-33-29(40)25-19-38(35-34-25)30(3,4)5/h7,10-11,13,15,17,19,24H,1,8-9,12,16,18H2,2-6H3,(H,33,40)/t24-/m1/s1. The molecule has 2 amide bonds. The molecule has 0 radical (unpaired) electrons. The van der Waals surface area contributed by atoms with E-state index in [1.54, 1.807) is 35.2 Å². The number of benzene rings is 1. The second-order valence-electron chi connectivity index (χ2n) is 11.1. The molecule has 0 aliphatic carbocycles. The summed E-state index contributed by atoms with van der Waals surface area (Å²) in [7, 11) is 1.80. The van der Waals surface area contributed by atoms with Gasteiger partial charge < -0.3 is 15.1 Å². The first-order valence-corrected chi connectivity index (χ1v) is 13.4. The highest BCUT2D eigenvalue weighted by atomic mass is 16.2. The number of nitrogens with one attached hydrogen (secondary N) is 1. The van der Waals surface area contributed by atoms with Crippen molar-refractivity contribution in [1.29, 1.82) is 5.26 Å². The summed E-state index contributed by atoms with van der Waals surface area (Å²) in [6, 6.07) is 8.31. The number of aromatic nitrogens is 4. The third kappa shape index (κ3) is 6.04. The molecule has 3 heterocycles. The van der Waals surface area contributed by atoms with Crippen molar-refractivity contribution in [2.75, 3.05) is 25.0 Å². The van der Waals surface area contributed by atoms with Gasteiger partial charge in [0.2, 0.25) is 5.91 Å². The summed E-state index contributed by atoms with van der Waals surface area (Å²) < 4.78 is 1.67. The van der Waals surface area contributed by atoms with E-state index in [0.29, 0.717) is 18.7 Å². The Morgan fingerprint density at radius 1 is 1.30 bits per heavy atom. The topological polar surface area (TPSA) is 120 Å². The van der Waals surface area contributed by atoms with Crippen molar-refractivity contribution >= 4 is 17.5 Å². The molecule has 1 N–H and O–H groups in total. The van der Waals surface area contributed by atoms with Gasteiger partial charge in [-0.3, -0.25) is 14.6 Å². The third-order valence-corrected chi connectivity index (χ3v) is 7.34. The molecule has 0 unspecified atom stereocenters. The second-order valence-corrected chi connectivity index (χ2v) is 11.1. The van der Waals surface area contributed by atoms with Gasteiger partial charge in [-0.25, -0.2) is 4.68 Å². The number of likely N-dealkylation sites (N-methyl/N-ethyl adjacent to an activating group) is 1. The number of anilines is 1. The van der Waals surface area contributed by atoms with Gasteiger partial charge in [0.1, 0.15) is 6.07 Å². The van der Waals surface area contributed by atoms with Crippen LogP contribution in [-0.4, -0.2) is 62.9 Å². The Morgan fingerprint density at radius 2 is 2.08 bits per heavy atom. The monoisotopic (exact) mass is 540 g/mol. The van der Waals surface area contributed by atoms with Crippen LogP contribution in [-0.2, 0) is 16.9 Å². The smallest absolute Gasteiger partial charge is 0.273 e. The number of rotatable bonds is 7. The summed E-state index contributed by atoms with van der Waals surface area (Å²) in [6.45, 7) is 13.4. The van der Waals surface area contributed by atoms with Crippen molar-refractivity contribution in [2.45, 2.75) is 58.7 Å². The average Bonchev–Trinajstić information content (AvgIpc) is 3.47. The van der Waals surface area contributed by atoms with Gasteiger partial charge in [-0.2, -0.15) is 5.26 Å². The zero-order valence-electron chi connectivity index (χ0n) is 23.8. The minimum Gasteiger partial charge on any atom is -0.368 e. The van der Waals surface area contributed by atoms with Crippen LogP contribution in [0.1, 0.15) is 60.8 Å². The minimum absolute atomic E-state index is 0.0376. The molecule has 3 aromatic rings. The Morgan fingerprint density at radius 3 is 2.73 bits per heavy atom. The quantitative estimate of drug-likeness (QED) is 0.453. The van der Waals surface area contributed by atoms with Gasteiger partial charge in [0, 0.05) is 44.5 Å². The van der Waals surface area contributed by atoms with Crippen LogP contribution in [0.4, 0.5) is 5.69 Å². The van der Waals surface area contributed by atoms with Gasteiger partial charge >= 0.3 is 0 Å².